The highest BCUT2D eigenvalue weighted by atomic mass is 16.5. The van der Waals surface area contributed by atoms with Gasteiger partial charge in [0.05, 0.1) is 20.8 Å². The molecule has 0 saturated carbocycles. The van der Waals surface area contributed by atoms with Crippen molar-refractivity contribution in [3.8, 4) is 11.5 Å². The fraction of sp³-hybridized carbons (Fsp3) is 0.500. The van der Waals surface area contributed by atoms with Gasteiger partial charge in [0.2, 0.25) is 0 Å². The minimum absolute atomic E-state index is 0.551. The van der Waals surface area contributed by atoms with Crippen molar-refractivity contribution in [2.45, 2.75) is 13.0 Å². The van der Waals surface area contributed by atoms with Crippen LogP contribution in [0.3, 0.4) is 0 Å². The Morgan fingerprint density at radius 2 is 1.88 bits per heavy atom. The van der Waals surface area contributed by atoms with Crippen LogP contribution >= 0.6 is 0 Å². The van der Waals surface area contributed by atoms with Crippen LogP contribution in [0.25, 0.3) is 0 Å². The molecule has 0 fully saturated rings. The zero-order valence-electron chi connectivity index (χ0n) is 10.1. The normalized spacial score (nSPS) is 10.2. The van der Waals surface area contributed by atoms with E-state index in [-0.39, 0.29) is 0 Å². The molecule has 0 amide bonds. The van der Waals surface area contributed by atoms with Crippen molar-refractivity contribution in [2.24, 2.45) is 5.73 Å². The van der Waals surface area contributed by atoms with E-state index in [0.717, 1.165) is 29.0 Å². The lowest BCUT2D eigenvalue weighted by Gasteiger charge is -2.16. The first-order chi connectivity index (χ1) is 7.78. The van der Waals surface area contributed by atoms with E-state index in [2.05, 4.69) is 0 Å². The molecule has 0 bridgehead atoms. The van der Waals surface area contributed by atoms with Gasteiger partial charge in [0.1, 0.15) is 0 Å². The van der Waals surface area contributed by atoms with Crippen LogP contribution in [0.1, 0.15) is 11.1 Å². The summed E-state index contributed by atoms with van der Waals surface area (Å²) in [5, 5.41) is 0. The van der Waals surface area contributed by atoms with Gasteiger partial charge in [-0.05, 0) is 24.6 Å². The molecule has 1 aromatic carbocycles. The molecular weight excluding hydrogens is 206 g/mol. The molecule has 0 unspecified atom stereocenters. The van der Waals surface area contributed by atoms with Crippen LogP contribution in [-0.2, 0) is 17.8 Å². The highest BCUT2D eigenvalue weighted by Crippen LogP contribution is 2.33. The quantitative estimate of drug-likeness (QED) is 0.794. The predicted molar refractivity (Wildman–Crippen MR) is 63.0 cm³/mol. The summed E-state index contributed by atoms with van der Waals surface area (Å²) in [6.07, 6.45) is 0.749. The van der Waals surface area contributed by atoms with Gasteiger partial charge in [0, 0.05) is 12.7 Å². The molecule has 0 saturated heterocycles. The third kappa shape index (κ3) is 2.65. The van der Waals surface area contributed by atoms with E-state index in [4.69, 9.17) is 19.9 Å². The molecule has 0 atom stereocenters. The van der Waals surface area contributed by atoms with Crippen molar-refractivity contribution in [1.29, 1.82) is 0 Å². The van der Waals surface area contributed by atoms with Gasteiger partial charge in [-0.3, -0.25) is 0 Å². The Labute approximate surface area is 96.3 Å². The zero-order valence-corrected chi connectivity index (χ0v) is 10.1. The maximum atomic E-state index is 5.60. The van der Waals surface area contributed by atoms with E-state index in [9.17, 15) is 0 Å². The molecule has 0 aromatic heterocycles. The summed E-state index contributed by atoms with van der Waals surface area (Å²) in [7, 11) is 4.93. The summed E-state index contributed by atoms with van der Waals surface area (Å²) < 4.78 is 15.8. The van der Waals surface area contributed by atoms with Crippen molar-refractivity contribution in [2.75, 3.05) is 27.9 Å². The van der Waals surface area contributed by atoms with Gasteiger partial charge < -0.3 is 19.9 Å². The summed E-state index contributed by atoms with van der Waals surface area (Å²) in [6.45, 7) is 1.12. The molecule has 2 N–H and O–H groups in total. The average molecular weight is 225 g/mol. The van der Waals surface area contributed by atoms with E-state index in [1.54, 1.807) is 21.3 Å². The maximum Gasteiger partial charge on any atom is 0.164 e. The summed E-state index contributed by atoms with van der Waals surface area (Å²) in [5.74, 6) is 1.48. The highest BCUT2D eigenvalue weighted by Gasteiger charge is 2.13. The van der Waals surface area contributed by atoms with Gasteiger partial charge in [-0.25, -0.2) is 0 Å². The van der Waals surface area contributed by atoms with Crippen LogP contribution in [0.2, 0.25) is 0 Å². The minimum atomic E-state index is 0.551. The average Bonchev–Trinajstić information content (AvgIpc) is 2.31. The van der Waals surface area contributed by atoms with Crippen molar-refractivity contribution in [3.05, 3.63) is 23.3 Å². The number of hydrogen-bond donors (Lipinski definition) is 1. The Morgan fingerprint density at radius 3 is 2.38 bits per heavy atom. The van der Waals surface area contributed by atoms with Crippen molar-refractivity contribution in [1.82, 2.24) is 0 Å². The van der Waals surface area contributed by atoms with E-state index in [1.165, 1.54) is 0 Å². The predicted octanol–water partition coefficient (Wildman–Crippen LogP) is 1.35. The molecule has 0 radical (unpaired) electrons. The number of methoxy groups -OCH3 is 3. The fourth-order valence-electron chi connectivity index (χ4n) is 1.74. The van der Waals surface area contributed by atoms with Crippen molar-refractivity contribution < 1.29 is 14.2 Å². The molecule has 4 heteroatoms. The van der Waals surface area contributed by atoms with Crippen LogP contribution in [0.15, 0.2) is 12.1 Å². The molecule has 1 rings (SSSR count). The van der Waals surface area contributed by atoms with Crippen LogP contribution in [0.5, 0.6) is 11.5 Å². The molecular formula is C12H19NO3. The Balaban J connectivity index is 3.20. The largest absolute Gasteiger partial charge is 0.493 e. The first-order valence-electron chi connectivity index (χ1n) is 5.20. The van der Waals surface area contributed by atoms with Crippen LogP contribution in [0, 0.1) is 0 Å². The molecule has 0 spiro atoms. The molecule has 16 heavy (non-hydrogen) atoms. The van der Waals surface area contributed by atoms with Gasteiger partial charge >= 0.3 is 0 Å². The summed E-state index contributed by atoms with van der Waals surface area (Å²) in [6, 6.07) is 3.86. The van der Waals surface area contributed by atoms with Gasteiger partial charge in [0.25, 0.3) is 0 Å². The van der Waals surface area contributed by atoms with Gasteiger partial charge in [-0.2, -0.15) is 0 Å². The number of rotatable bonds is 6. The number of hydrogen-bond acceptors (Lipinski definition) is 4. The maximum absolute atomic E-state index is 5.60. The van der Waals surface area contributed by atoms with Crippen molar-refractivity contribution in [3.63, 3.8) is 0 Å². The van der Waals surface area contributed by atoms with Crippen LogP contribution in [-0.4, -0.2) is 27.9 Å². The van der Waals surface area contributed by atoms with Crippen molar-refractivity contribution >= 4 is 0 Å². The first kappa shape index (κ1) is 12.8. The van der Waals surface area contributed by atoms with E-state index in [1.807, 2.05) is 12.1 Å². The topological polar surface area (TPSA) is 53.7 Å². The zero-order chi connectivity index (χ0) is 12.0. The lowest BCUT2D eigenvalue weighted by atomic mass is 10.0. The lowest BCUT2D eigenvalue weighted by molar-refractivity contribution is 0.183. The van der Waals surface area contributed by atoms with Crippen LogP contribution in [0.4, 0.5) is 0 Å². The number of ether oxygens (including phenoxy) is 3. The second-order valence-electron chi connectivity index (χ2n) is 3.41. The Morgan fingerprint density at radius 1 is 1.12 bits per heavy atom. The summed E-state index contributed by atoms with van der Waals surface area (Å²) in [4.78, 5) is 0. The SMILES string of the molecule is COCc1ccc(OC)c(OC)c1CCN. The van der Waals surface area contributed by atoms with Crippen LogP contribution < -0.4 is 15.2 Å². The van der Waals surface area contributed by atoms with E-state index < -0.39 is 0 Å². The van der Waals surface area contributed by atoms with E-state index in [0.29, 0.717) is 13.2 Å². The standard InChI is InChI=1S/C12H19NO3/c1-14-8-9-4-5-11(15-2)12(16-3)10(9)6-7-13/h4-5H,6-8,13H2,1-3H3. The fourth-order valence-corrected chi connectivity index (χ4v) is 1.74. The first-order valence-corrected chi connectivity index (χ1v) is 5.20. The molecule has 0 aliphatic carbocycles. The smallest absolute Gasteiger partial charge is 0.164 e. The monoisotopic (exact) mass is 225 g/mol. The molecule has 90 valence electrons. The molecule has 0 aliphatic rings. The summed E-state index contributed by atoms with van der Waals surface area (Å²) >= 11 is 0. The Bertz CT molecular complexity index is 339. The second-order valence-corrected chi connectivity index (χ2v) is 3.41. The third-order valence-electron chi connectivity index (χ3n) is 2.44. The van der Waals surface area contributed by atoms with Gasteiger partial charge in [-0.1, -0.05) is 6.07 Å². The molecule has 4 nitrogen and oxygen atoms in total. The lowest BCUT2D eigenvalue weighted by Crippen LogP contribution is -2.08. The highest BCUT2D eigenvalue weighted by molar-refractivity contribution is 5.50. The third-order valence-corrected chi connectivity index (χ3v) is 2.44. The second kappa shape index (κ2) is 6.35. The number of nitrogens with two attached hydrogens (primary N) is 1. The Kier molecular flexibility index (Phi) is 5.08. The van der Waals surface area contributed by atoms with E-state index >= 15 is 0 Å². The minimum Gasteiger partial charge on any atom is -0.493 e. The molecule has 1 aromatic rings. The molecule has 0 aliphatic heterocycles. The van der Waals surface area contributed by atoms with Gasteiger partial charge in [0.15, 0.2) is 11.5 Å². The molecule has 0 heterocycles. The number of benzene rings is 1. The summed E-state index contributed by atoms with van der Waals surface area (Å²) in [5.41, 5.74) is 7.75. The van der Waals surface area contributed by atoms with Gasteiger partial charge in [-0.15, -0.1) is 0 Å². The Hall–Kier alpha value is -1.26.